The van der Waals surface area contributed by atoms with E-state index in [9.17, 15) is 0 Å². The molecule has 0 nitrogen and oxygen atoms in total. The molecule has 0 aromatic carbocycles. The van der Waals surface area contributed by atoms with Crippen LogP contribution in [0.15, 0.2) is 12.2 Å². The summed E-state index contributed by atoms with van der Waals surface area (Å²) in [5.41, 5.74) is 0. The number of alkyl halides is 1. The Morgan fingerprint density at radius 3 is 2.12 bits per heavy atom. The van der Waals surface area contributed by atoms with Crippen LogP contribution in [0.1, 0.15) is 25.7 Å². The fourth-order valence-corrected chi connectivity index (χ4v) is 1.19. The highest BCUT2D eigenvalue weighted by Gasteiger charge is 2.03. The SMILES string of the molecule is ClC1CCC=CCC1. The minimum atomic E-state index is 0.435. The topological polar surface area (TPSA) is 0 Å². The summed E-state index contributed by atoms with van der Waals surface area (Å²) >= 11 is 5.88. The highest BCUT2D eigenvalue weighted by atomic mass is 35.5. The Hall–Kier alpha value is 0.0300. The molecule has 0 aliphatic heterocycles. The maximum absolute atomic E-state index is 5.88. The van der Waals surface area contributed by atoms with Crippen LogP contribution in [0.5, 0.6) is 0 Å². The van der Waals surface area contributed by atoms with E-state index in [-0.39, 0.29) is 0 Å². The zero-order valence-corrected chi connectivity index (χ0v) is 5.69. The fourth-order valence-electron chi connectivity index (χ4n) is 0.934. The summed E-state index contributed by atoms with van der Waals surface area (Å²) in [7, 11) is 0. The zero-order valence-electron chi connectivity index (χ0n) is 4.94. The van der Waals surface area contributed by atoms with Gasteiger partial charge in [-0.1, -0.05) is 12.2 Å². The molecule has 46 valence electrons. The molecule has 1 aliphatic carbocycles. The third-order valence-corrected chi connectivity index (χ3v) is 1.90. The van der Waals surface area contributed by atoms with E-state index in [2.05, 4.69) is 12.2 Å². The van der Waals surface area contributed by atoms with Gasteiger partial charge in [-0.25, -0.2) is 0 Å². The van der Waals surface area contributed by atoms with E-state index < -0.39 is 0 Å². The first-order valence-electron chi connectivity index (χ1n) is 3.18. The van der Waals surface area contributed by atoms with E-state index in [0.29, 0.717) is 5.38 Å². The van der Waals surface area contributed by atoms with Crippen molar-refractivity contribution in [1.82, 2.24) is 0 Å². The highest BCUT2D eigenvalue weighted by Crippen LogP contribution is 2.16. The monoisotopic (exact) mass is 130 g/mol. The Balaban J connectivity index is 2.28. The van der Waals surface area contributed by atoms with Crippen molar-refractivity contribution in [3.05, 3.63) is 12.2 Å². The Morgan fingerprint density at radius 1 is 1.12 bits per heavy atom. The lowest BCUT2D eigenvalue weighted by Gasteiger charge is -2.00. The molecule has 0 saturated carbocycles. The summed E-state index contributed by atoms with van der Waals surface area (Å²) in [6.45, 7) is 0. The lowest BCUT2D eigenvalue weighted by Crippen LogP contribution is -1.93. The van der Waals surface area contributed by atoms with Crippen molar-refractivity contribution < 1.29 is 0 Å². The molecule has 0 spiro atoms. The summed E-state index contributed by atoms with van der Waals surface area (Å²) in [5, 5.41) is 0.435. The van der Waals surface area contributed by atoms with Crippen LogP contribution in [0, 0.1) is 0 Å². The van der Waals surface area contributed by atoms with Crippen molar-refractivity contribution in [1.29, 1.82) is 0 Å². The van der Waals surface area contributed by atoms with Crippen LogP contribution in [0.25, 0.3) is 0 Å². The van der Waals surface area contributed by atoms with Crippen LogP contribution in [-0.2, 0) is 0 Å². The Bertz CT molecular complexity index is 76.4. The van der Waals surface area contributed by atoms with Crippen LogP contribution < -0.4 is 0 Å². The van der Waals surface area contributed by atoms with Gasteiger partial charge in [-0.3, -0.25) is 0 Å². The molecule has 8 heavy (non-hydrogen) atoms. The summed E-state index contributed by atoms with van der Waals surface area (Å²) < 4.78 is 0. The van der Waals surface area contributed by atoms with Crippen molar-refractivity contribution in [2.75, 3.05) is 0 Å². The summed E-state index contributed by atoms with van der Waals surface area (Å²) in [6.07, 6.45) is 9.13. The molecule has 0 bridgehead atoms. The second-order valence-corrected chi connectivity index (χ2v) is 2.84. The van der Waals surface area contributed by atoms with Crippen molar-refractivity contribution in [2.24, 2.45) is 0 Å². The largest absolute Gasteiger partial charge is 0.123 e. The molecule has 0 radical (unpaired) electrons. The van der Waals surface area contributed by atoms with Crippen molar-refractivity contribution in [3.8, 4) is 0 Å². The highest BCUT2D eigenvalue weighted by molar-refractivity contribution is 6.20. The van der Waals surface area contributed by atoms with Crippen LogP contribution >= 0.6 is 11.6 Å². The van der Waals surface area contributed by atoms with Gasteiger partial charge >= 0.3 is 0 Å². The Labute approximate surface area is 55.5 Å². The van der Waals surface area contributed by atoms with Crippen LogP contribution in [0.3, 0.4) is 0 Å². The lowest BCUT2D eigenvalue weighted by atomic mass is 10.2. The van der Waals surface area contributed by atoms with Gasteiger partial charge in [-0.05, 0) is 25.7 Å². The third kappa shape index (κ3) is 1.87. The van der Waals surface area contributed by atoms with E-state index in [1.165, 1.54) is 12.8 Å². The number of allylic oxidation sites excluding steroid dienone is 2. The molecule has 0 N–H and O–H groups in total. The molecule has 0 atom stereocenters. The van der Waals surface area contributed by atoms with Gasteiger partial charge in [0.1, 0.15) is 0 Å². The van der Waals surface area contributed by atoms with Gasteiger partial charge in [0.15, 0.2) is 0 Å². The molecule has 0 fully saturated rings. The normalized spacial score (nSPS) is 23.1. The average Bonchev–Trinajstić information content (AvgIpc) is 1.94. The molecule has 1 rings (SSSR count). The maximum atomic E-state index is 5.88. The van der Waals surface area contributed by atoms with E-state index in [1.807, 2.05) is 0 Å². The first-order valence-corrected chi connectivity index (χ1v) is 3.62. The number of hydrogen-bond donors (Lipinski definition) is 0. The summed E-state index contributed by atoms with van der Waals surface area (Å²) in [5.74, 6) is 0. The van der Waals surface area contributed by atoms with Gasteiger partial charge in [0.2, 0.25) is 0 Å². The molecule has 0 amide bonds. The molecule has 0 saturated heterocycles. The van der Waals surface area contributed by atoms with E-state index in [4.69, 9.17) is 11.6 Å². The quantitative estimate of drug-likeness (QED) is 0.350. The molecule has 1 aliphatic rings. The minimum Gasteiger partial charge on any atom is -0.123 e. The zero-order chi connectivity index (χ0) is 5.82. The number of rotatable bonds is 0. The number of hydrogen-bond acceptors (Lipinski definition) is 0. The number of halogens is 1. The van der Waals surface area contributed by atoms with Gasteiger partial charge in [-0.2, -0.15) is 0 Å². The Morgan fingerprint density at radius 2 is 1.62 bits per heavy atom. The molecule has 0 aromatic heterocycles. The van der Waals surface area contributed by atoms with Crippen LogP contribution in [0.4, 0.5) is 0 Å². The minimum absolute atomic E-state index is 0.435. The second-order valence-electron chi connectivity index (χ2n) is 2.22. The fraction of sp³-hybridized carbons (Fsp3) is 0.714. The first-order chi connectivity index (χ1) is 3.89. The standard InChI is InChI=1S/C7H11Cl/c8-7-5-3-1-2-4-6-7/h1-2,7H,3-6H2. The third-order valence-electron chi connectivity index (χ3n) is 1.46. The van der Waals surface area contributed by atoms with Gasteiger partial charge < -0.3 is 0 Å². The molecule has 0 unspecified atom stereocenters. The van der Waals surface area contributed by atoms with Crippen LogP contribution in [-0.4, -0.2) is 5.38 Å². The van der Waals surface area contributed by atoms with E-state index in [1.54, 1.807) is 0 Å². The van der Waals surface area contributed by atoms with Crippen LogP contribution in [0.2, 0.25) is 0 Å². The van der Waals surface area contributed by atoms with Gasteiger partial charge in [0, 0.05) is 5.38 Å². The second kappa shape index (κ2) is 3.13. The van der Waals surface area contributed by atoms with Crippen molar-refractivity contribution >= 4 is 11.6 Å². The molecule has 0 aromatic rings. The average molecular weight is 131 g/mol. The predicted octanol–water partition coefficient (Wildman–Crippen LogP) is 2.72. The Kier molecular flexibility index (Phi) is 2.41. The van der Waals surface area contributed by atoms with Gasteiger partial charge in [-0.15, -0.1) is 11.6 Å². The van der Waals surface area contributed by atoms with Gasteiger partial charge in [0.25, 0.3) is 0 Å². The van der Waals surface area contributed by atoms with E-state index in [0.717, 1.165) is 12.8 Å². The van der Waals surface area contributed by atoms with E-state index >= 15 is 0 Å². The predicted molar refractivity (Wildman–Crippen MR) is 37.2 cm³/mol. The lowest BCUT2D eigenvalue weighted by molar-refractivity contribution is 0.727. The first kappa shape index (κ1) is 6.15. The maximum Gasteiger partial charge on any atom is 0.0342 e. The molecule has 1 heteroatoms. The molecular weight excluding hydrogens is 120 g/mol. The smallest absolute Gasteiger partial charge is 0.0342 e. The summed E-state index contributed by atoms with van der Waals surface area (Å²) in [4.78, 5) is 0. The van der Waals surface area contributed by atoms with Gasteiger partial charge in [0.05, 0.1) is 0 Å². The van der Waals surface area contributed by atoms with Crippen molar-refractivity contribution in [3.63, 3.8) is 0 Å². The summed E-state index contributed by atoms with van der Waals surface area (Å²) in [6, 6.07) is 0. The molecule has 0 heterocycles. The van der Waals surface area contributed by atoms with Crippen molar-refractivity contribution in [2.45, 2.75) is 31.1 Å². The molecular formula is C7H11Cl.